The fraction of sp³-hybridized carbons (Fsp3) is 0.385. The molecule has 0 saturated heterocycles. The van der Waals surface area contributed by atoms with Crippen molar-refractivity contribution in [2.24, 2.45) is 5.92 Å². The van der Waals surface area contributed by atoms with Gasteiger partial charge in [-0.3, -0.25) is 0 Å². The van der Waals surface area contributed by atoms with Gasteiger partial charge in [0.2, 0.25) is 0 Å². The lowest BCUT2D eigenvalue weighted by molar-refractivity contribution is 0.292. The van der Waals surface area contributed by atoms with E-state index in [1.165, 1.54) is 30.4 Å². The maximum atomic E-state index is 5.77. The lowest BCUT2D eigenvalue weighted by Gasteiger charge is -2.11. The summed E-state index contributed by atoms with van der Waals surface area (Å²) in [5.41, 5.74) is 1.18. The Morgan fingerprint density at radius 3 is 2.94 bits per heavy atom. The first-order valence-electron chi connectivity index (χ1n) is 5.47. The maximum Gasteiger partial charge on any atom is 0.179 e. The molecule has 0 amide bonds. The van der Waals surface area contributed by atoms with Crippen molar-refractivity contribution in [1.82, 2.24) is 0 Å². The molecule has 3 heteroatoms. The van der Waals surface area contributed by atoms with E-state index in [9.17, 15) is 0 Å². The molecule has 16 heavy (non-hydrogen) atoms. The lowest BCUT2D eigenvalue weighted by Crippen LogP contribution is -2.00. The molecule has 1 aliphatic rings. The van der Waals surface area contributed by atoms with E-state index < -0.39 is 0 Å². The molecule has 2 nitrogen and oxygen atoms in total. The van der Waals surface area contributed by atoms with Gasteiger partial charge in [0, 0.05) is 5.41 Å². The van der Waals surface area contributed by atoms with Gasteiger partial charge < -0.3 is 8.92 Å². The van der Waals surface area contributed by atoms with Crippen LogP contribution in [0, 0.1) is 12.8 Å². The van der Waals surface area contributed by atoms with E-state index in [-0.39, 0.29) is 0 Å². The van der Waals surface area contributed by atoms with Crippen LogP contribution in [0.1, 0.15) is 18.4 Å². The topological polar surface area (TPSA) is 18.5 Å². The molecule has 0 radical (unpaired) electrons. The van der Waals surface area contributed by atoms with E-state index in [0.717, 1.165) is 24.0 Å². The van der Waals surface area contributed by atoms with Crippen LogP contribution in [-0.2, 0) is 0 Å². The molecule has 0 unspecified atom stereocenters. The van der Waals surface area contributed by atoms with E-state index in [2.05, 4.69) is 13.5 Å². The Hall–Kier alpha value is -1.09. The Kier molecular flexibility index (Phi) is 3.78. The Morgan fingerprint density at radius 2 is 2.25 bits per heavy atom. The second kappa shape index (κ2) is 5.30. The quantitative estimate of drug-likeness (QED) is 0.697. The third-order valence-corrected chi connectivity index (χ3v) is 2.89. The lowest BCUT2D eigenvalue weighted by atomic mass is 10.2. The predicted molar refractivity (Wildman–Crippen MR) is 67.8 cm³/mol. The molecule has 1 aliphatic carbocycles. The predicted octanol–water partition coefficient (Wildman–Crippen LogP) is 3.95. The third-order valence-electron chi connectivity index (χ3n) is 2.48. The molecule has 1 fully saturated rings. The minimum absolute atomic E-state index is 0.750. The molecule has 0 N–H and O–H groups in total. The SMILES string of the molecule is C=CSOc1ccc(C)cc1OCC1CC1. The van der Waals surface area contributed by atoms with Crippen molar-refractivity contribution < 1.29 is 8.92 Å². The summed E-state index contributed by atoms with van der Waals surface area (Å²) in [5, 5.41) is 1.66. The first-order chi connectivity index (χ1) is 7.79. The van der Waals surface area contributed by atoms with E-state index in [4.69, 9.17) is 8.92 Å². The highest BCUT2D eigenvalue weighted by Crippen LogP contribution is 2.34. The zero-order valence-electron chi connectivity index (χ0n) is 9.44. The van der Waals surface area contributed by atoms with Crippen LogP contribution in [0.3, 0.4) is 0 Å². The number of hydrogen-bond donors (Lipinski definition) is 0. The largest absolute Gasteiger partial charge is 0.489 e. The molecule has 0 spiro atoms. The van der Waals surface area contributed by atoms with Gasteiger partial charge in [-0.25, -0.2) is 0 Å². The van der Waals surface area contributed by atoms with Gasteiger partial charge >= 0.3 is 0 Å². The Bertz CT molecular complexity index is 372. The number of hydrogen-bond acceptors (Lipinski definition) is 3. The summed E-state index contributed by atoms with van der Waals surface area (Å²) in [4.78, 5) is 0. The fourth-order valence-corrected chi connectivity index (χ4v) is 1.68. The number of aryl methyl sites for hydroxylation is 1. The smallest absolute Gasteiger partial charge is 0.179 e. The molecule has 1 saturated carbocycles. The molecule has 86 valence electrons. The summed E-state index contributed by atoms with van der Waals surface area (Å²) in [6, 6.07) is 5.97. The number of ether oxygens (including phenoxy) is 1. The van der Waals surface area contributed by atoms with Crippen LogP contribution in [0.25, 0.3) is 0 Å². The van der Waals surface area contributed by atoms with Crippen molar-refractivity contribution in [3.8, 4) is 11.5 Å². The molecular formula is C13H16O2S. The highest BCUT2D eigenvalue weighted by Gasteiger charge is 2.22. The van der Waals surface area contributed by atoms with Gasteiger partial charge in [0.25, 0.3) is 0 Å². The first kappa shape index (κ1) is 11.4. The van der Waals surface area contributed by atoms with E-state index in [1.54, 1.807) is 5.41 Å². The van der Waals surface area contributed by atoms with Crippen LogP contribution in [0.2, 0.25) is 0 Å². The zero-order chi connectivity index (χ0) is 11.4. The highest BCUT2D eigenvalue weighted by atomic mass is 32.2. The standard InChI is InChI=1S/C13H16O2S/c1-3-16-15-12-7-4-10(2)8-13(12)14-9-11-5-6-11/h3-4,7-8,11H,1,5-6,9H2,2H3. The van der Waals surface area contributed by atoms with Crippen molar-refractivity contribution in [3.63, 3.8) is 0 Å². The second-order valence-corrected chi connectivity index (χ2v) is 4.74. The van der Waals surface area contributed by atoms with E-state index >= 15 is 0 Å². The summed E-state index contributed by atoms with van der Waals surface area (Å²) in [5.74, 6) is 2.36. The van der Waals surface area contributed by atoms with Gasteiger partial charge in [-0.05, 0) is 43.4 Å². The van der Waals surface area contributed by atoms with Crippen molar-refractivity contribution in [2.75, 3.05) is 6.61 Å². The molecule has 0 heterocycles. The van der Waals surface area contributed by atoms with Gasteiger partial charge in [0.05, 0.1) is 18.6 Å². The van der Waals surface area contributed by atoms with Gasteiger partial charge in [-0.15, -0.1) is 0 Å². The summed E-state index contributed by atoms with van der Waals surface area (Å²) in [6.45, 7) is 6.46. The molecule has 1 aromatic carbocycles. The molecule has 0 aromatic heterocycles. The van der Waals surface area contributed by atoms with Crippen LogP contribution in [0.5, 0.6) is 11.5 Å². The van der Waals surface area contributed by atoms with Gasteiger partial charge in [0.1, 0.15) is 0 Å². The average Bonchev–Trinajstić information content (AvgIpc) is 3.09. The summed E-state index contributed by atoms with van der Waals surface area (Å²) in [7, 11) is 0. The van der Waals surface area contributed by atoms with Crippen molar-refractivity contribution in [1.29, 1.82) is 0 Å². The molecule has 0 atom stereocenters. The van der Waals surface area contributed by atoms with Crippen LogP contribution >= 0.6 is 12.0 Å². The Morgan fingerprint density at radius 1 is 1.44 bits per heavy atom. The van der Waals surface area contributed by atoms with E-state index in [0.29, 0.717) is 0 Å². The van der Waals surface area contributed by atoms with Gasteiger partial charge in [0.15, 0.2) is 11.5 Å². The first-order valence-corrected chi connectivity index (χ1v) is 6.28. The number of rotatable bonds is 6. The van der Waals surface area contributed by atoms with Crippen molar-refractivity contribution >= 4 is 12.0 Å². The Balaban J connectivity index is 2.03. The molecule has 0 bridgehead atoms. The van der Waals surface area contributed by atoms with Crippen LogP contribution in [0.4, 0.5) is 0 Å². The highest BCUT2D eigenvalue weighted by molar-refractivity contribution is 7.97. The van der Waals surface area contributed by atoms with Gasteiger partial charge in [-0.2, -0.15) is 0 Å². The van der Waals surface area contributed by atoms with E-state index in [1.807, 2.05) is 18.2 Å². The van der Waals surface area contributed by atoms with Gasteiger partial charge in [-0.1, -0.05) is 12.6 Å². The number of benzene rings is 1. The normalized spacial score (nSPS) is 14.6. The molecular weight excluding hydrogens is 220 g/mol. The molecule has 2 rings (SSSR count). The Labute approximate surface area is 101 Å². The van der Waals surface area contributed by atoms with Crippen LogP contribution < -0.4 is 8.92 Å². The second-order valence-electron chi connectivity index (χ2n) is 4.05. The summed E-state index contributed by atoms with van der Waals surface area (Å²) >= 11 is 1.21. The monoisotopic (exact) mass is 236 g/mol. The molecule has 1 aromatic rings. The summed E-state index contributed by atoms with van der Waals surface area (Å²) in [6.07, 6.45) is 2.59. The average molecular weight is 236 g/mol. The zero-order valence-corrected chi connectivity index (χ0v) is 10.3. The van der Waals surface area contributed by atoms with Crippen molar-refractivity contribution in [2.45, 2.75) is 19.8 Å². The van der Waals surface area contributed by atoms with Crippen LogP contribution in [-0.4, -0.2) is 6.61 Å². The van der Waals surface area contributed by atoms with Crippen molar-refractivity contribution in [3.05, 3.63) is 35.7 Å². The minimum Gasteiger partial charge on any atom is -0.489 e. The minimum atomic E-state index is 0.750. The van der Waals surface area contributed by atoms with Crippen LogP contribution in [0.15, 0.2) is 30.2 Å². The molecule has 0 aliphatic heterocycles. The third kappa shape index (κ3) is 3.20. The summed E-state index contributed by atoms with van der Waals surface area (Å²) < 4.78 is 11.2. The maximum absolute atomic E-state index is 5.77. The fourth-order valence-electron chi connectivity index (χ4n) is 1.37.